The Morgan fingerprint density at radius 2 is 2.00 bits per heavy atom. The molecule has 2 nitrogen and oxygen atoms in total. The number of halogens is 1. The van der Waals surface area contributed by atoms with Crippen molar-refractivity contribution >= 4 is 11.6 Å². The first-order chi connectivity index (χ1) is 8.75. The highest BCUT2D eigenvalue weighted by atomic mass is 35.5. The van der Waals surface area contributed by atoms with Gasteiger partial charge in [0.15, 0.2) is 0 Å². The summed E-state index contributed by atoms with van der Waals surface area (Å²) >= 11 is 6.03. The van der Waals surface area contributed by atoms with Crippen LogP contribution in [-0.2, 0) is 6.42 Å². The summed E-state index contributed by atoms with van der Waals surface area (Å²) in [6.45, 7) is 8.04. The van der Waals surface area contributed by atoms with Gasteiger partial charge in [0.2, 0.25) is 0 Å². The molecule has 1 heterocycles. The summed E-state index contributed by atoms with van der Waals surface area (Å²) in [6.07, 6.45) is 3.73. The Kier molecular flexibility index (Phi) is 5.48. The molecule has 0 spiro atoms. The summed E-state index contributed by atoms with van der Waals surface area (Å²) in [5.74, 6) is 0. The van der Waals surface area contributed by atoms with Crippen LogP contribution >= 0.6 is 11.6 Å². The Balaban J connectivity index is 1.66. The van der Waals surface area contributed by atoms with Gasteiger partial charge in [0.25, 0.3) is 0 Å². The molecule has 3 heteroatoms. The molecule has 1 aliphatic rings. The Hall–Kier alpha value is -0.570. The summed E-state index contributed by atoms with van der Waals surface area (Å²) in [6, 6.07) is 6.38. The number of nitrogens with one attached hydrogen (secondary N) is 1. The Bertz CT molecular complexity index is 373. The minimum Gasteiger partial charge on any atom is -0.314 e. The van der Waals surface area contributed by atoms with E-state index in [9.17, 15) is 0 Å². The van der Waals surface area contributed by atoms with Crippen molar-refractivity contribution in [3.05, 3.63) is 34.3 Å². The van der Waals surface area contributed by atoms with Crippen LogP contribution in [0.1, 0.15) is 24.0 Å². The molecule has 1 saturated heterocycles. The second-order valence-electron chi connectivity index (χ2n) is 5.13. The van der Waals surface area contributed by atoms with Gasteiger partial charge in [-0.3, -0.25) is 0 Å². The predicted octanol–water partition coefficient (Wildman–Crippen LogP) is 2.88. The average Bonchev–Trinajstić information content (AvgIpc) is 2.40. The molecule has 1 aromatic carbocycles. The van der Waals surface area contributed by atoms with Crippen LogP contribution in [0.15, 0.2) is 18.2 Å². The summed E-state index contributed by atoms with van der Waals surface area (Å²) < 4.78 is 0. The van der Waals surface area contributed by atoms with Gasteiger partial charge in [-0.15, -0.1) is 0 Å². The fraction of sp³-hybridized carbons (Fsp3) is 0.600. The third-order valence-corrected chi connectivity index (χ3v) is 4.05. The molecule has 1 fully saturated rings. The third kappa shape index (κ3) is 4.27. The fourth-order valence-corrected chi connectivity index (χ4v) is 2.58. The van der Waals surface area contributed by atoms with Crippen molar-refractivity contribution in [2.45, 2.75) is 26.2 Å². The first kappa shape index (κ1) is 13.9. The Labute approximate surface area is 115 Å². The average molecular weight is 267 g/mol. The van der Waals surface area contributed by atoms with Gasteiger partial charge in [0.1, 0.15) is 0 Å². The molecule has 1 aromatic rings. The van der Waals surface area contributed by atoms with Gasteiger partial charge in [0.05, 0.1) is 0 Å². The number of unbranched alkanes of at least 4 members (excludes halogenated alkanes) is 1. The molecule has 0 radical (unpaired) electrons. The standard InChI is InChI=1S/C15H23ClN2/c1-13-12-14(5-6-15(13)16)4-2-3-9-18-10-7-17-8-11-18/h5-6,12,17H,2-4,7-11H2,1H3. The van der Waals surface area contributed by atoms with Crippen molar-refractivity contribution in [1.82, 2.24) is 10.2 Å². The van der Waals surface area contributed by atoms with Crippen molar-refractivity contribution in [3.8, 4) is 0 Å². The molecule has 2 rings (SSSR count). The number of hydrogen-bond acceptors (Lipinski definition) is 2. The monoisotopic (exact) mass is 266 g/mol. The van der Waals surface area contributed by atoms with Gasteiger partial charge >= 0.3 is 0 Å². The molecule has 0 saturated carbocycles. The Morgan fingerprint density at radius 3 is 2.72 bits per heavy atom. The number of benzene rings is 1. The van der Waals surface area contributed by atoms with E-state index >= 15 is 0 Å². The summed E-state index contributed by atoms with van der Waals surface area (Å²) in [5.41, 5.74) is 2.61. The lowest BCUT2D eigenvalue weighted by Gasteiger charge is -2.27. The lowest BCUT2D eigenvalue weighted by molar-refractivity contribution is 0.237. The van der Waals surface area contributed by atoms with Crippen molar-refractivity contribution in [2.24, 2.45) is 0 Å². The molecular formula is C15H23ClN2. The first-order valence-electron chi connectivity index (χ1n) is 6.94. The van der Waals surface area contributed by atoms with E-state index in [4.69, 9.17) is 11.6 Å². The molecule has 100 valence electrons. The lowest BCUT2D eigenvalue weighted by Crippen LogP contribution is -2.43. The summed E-state index contributed by atoms with van der Waals surface area (Å²) in [4.78, 5) is 2.56. The van der Waals surface area contributed by atoms with Crippen LogP contribution in [0.5, 0.6) is 0 Å². The van der Waals surface area contributed by atoms with Gasteiger partial charge in [0, 0.05) is 31.2 Å². The number of aryl methyl sites for hydroxylation is 2. The second kappa shape index (κ2) is 7.13. The van der Waals surface area contributed by atoms with Crippen LogP contribution in [0.4, 0.5) is 0 Å². The largest absolute Gasteiger partial charge is 0.314 e. The molecule has 0 aromatic heterocycles. The number of rotatable bonds is 5. The van der Waals surface area contributed by atoms with Crippen LogP contribution in [0.2, 0.25) is 5.02 Å². The normalized spacial score (nSPS) is 17.0. The molecule has 1 N–H and O–H groups in total. The van der Waals surface area contributed by atoms with Crippen LogP contribution < -0.4 is 5.32 Å². The molecule has 18 heavy (non-hydrogen) atoms. The molecule has 0 atom stereocenters. The zero-order valence-electron chi connectivity index (χ0n) is 11.2. The minimum absolute atomic E-state index is 0.875. The highest BCUT2D eigenvalue weighted by Gasteiger charge is 2.08. The van der Waals surface area contributed by atoms with Crippen LogP contribution in [0, 0.1) is 6.92 Å². The van der Waals surface area contributed by atoms with Crippen LogP contribution in [0.25, 0.3) is 0 Å². The summed E-state index contributed by atoms with van der Waals surface area (Å²) in [7, 11) is 0. The van der Waals surface area contributed by atoms with E-state index in [2.05, 4.69) is 29.3 Å². The zero-order chi connectivity index (χ0) is 12.8. The maximum atomic E-state index is 6.03. The second-order valence-corrected chi connectivity index (χ2v) is 5.54. The zero-order valence-corrected chi connectivity index (χ0v) is 12.0. The van der Waals surface area contributed by atoms with Gasteiger partial charge < -0.3 is 10.2 Å². The number of nitrogens with zero attached hydrogens (tertiary/aromatic N) is 1. The smallest absolute Gasteiger partial charge is 0.0435 e. The maximum Gasteiger partial charge on any atom is 0.0435 e. The predicted molar refractivity (Wildman–Crippen MR) is 78.4 cm³/mol. The van der Waals surface area contributed by atoms with Crippen molar-refractivity contribution in [1.29, 1.82) is 0 Å². The SMILES string of the molecule is Cc1cc(CCCCN2CCNCC2)ccc1Cl. The first-order valence-corrected chi connectivity index (χ1v) is 7.31. The number of hydrogen-bond donors (Lipinski definition) is 1. The fourth-order valence-electron chi connectivity index (χ4n) is 2.46. The van der Waals surface area contributed by atoms with E-state index in [1.165, 1.54) is 50.0 Å². The van der Waals surface area contributed by atoms with Gasteiger partial charge in [-0.25, -0.2) is 0 Å². The highest BCUT2D eigenvalue weighted by molar-refractivity contribution is 6.31. The minimum atomic E-state index is 0.875. The van der Waals surface area contributed by atoms with Crippen molar-refractivity contribution in [3.63, 3.8) is 0 Å². The topological polar surface area (TPSA) is 15.3 Å². The molecule has 0 aliphatic carbocycles. The van der Waals surface area contributed by atoms with Gasteiger partial charge in [-0.05, 0) is 49.9 Å². The van der Waals surface area contributed by atoms with E-state index < -0.39 is 0 Å². The van der Waals surface area contributed by atoms with E-state index in [1.807, 2.05) is 6.07 Å². The van der Waals surface area contributed by atoms with Crippen LogP contribution in [0.3, 0.4) is 0 Å². The van der Waals surface area contributed by atoms with E-state index in [0.29, 0.717) is 0 Å². The highest BCUT2D eigenvalue weighted by Crippen LogP contribution is 2.17. The molecule has 0 amide bonds. The van der Waals surface area contributed by atoms with E-state index in [0.717, 1.165) is 18.1 Å². The molecule has 1 aliphatic heterocycles. The molecule has 0 unspecified atom stereocenters. The summed E-state index contributed by atoms with van der Waals surface area (Å²) in [5, 5.41) is 4.26. The lowest BCUT2D eigenvalue weighted by atomic mass is 10.1. The quantitative estimate of drug-likeness (QED) is 0.825. The van der Waals surface area contributed by atoms with Crippen molar-refractivity contribution < 1.29 is 0 Å². The van der Waals surface area contributed by atoms with Gasteiger partial charge in [-0.2, -0.15) is 0 Å². The van der Waals surface area contributed by atoms with Crippen LogP contribution in [-0.4, -0.2) is 37.6 Å². The number of piperazine rings is 1. The van der Waals surface area contributed by atoms with E-state index in [-0.39, 0.29) is 0 Å². The van der Waals surface area contributed by atoms with E-state index in [1.54, 1.807) is 0 Å². The third-order valence-electron chi connectivity index (χ3n) is 3.62. The van der Waals surface area contributed by atoms with Gasteiger partial charge in [-0.1, -0.05) is 23.7 Å². The van der Waals surface area contributed by atoms with Crippen molar-refractivity contribution in [2.75, 3.05) is 32.7 Å². The Morgan fingerprint density at radius 1 is 1.22 bits per heavy atom. The molecular weight excluding hydrogens is 244 g/mol. The maximum absolute atomic E-state index is 6.03. The molecule has 0 bridgehead atoms.